The molecule has 3 nitrogen and oxygen atoms in total. The fourth-order valence-corrected chi connectivity index (χ4v) is 2.24. The maximum absolute atomic E-state index is 5.37. The van der Waals surface area contributed by atoms with Gasteiger partial charge >= 0.3 is 0 Å². The topological polar surface area (TPSA) is 38.1 Å². The van der Waals surface area contributed by atoms with Crippen molar-refractivity contribution in [1.29, 1.82) is 0 Å². The lowest BCUT2D eigenvalue weighted by Crippen LogP contribution is -1.99. The highest BCUT2D eigenvalue weighted by Gasteiger charge is 2.04. The Kier molecular flexibility index (Phi) is 3.02. The first-order valence-corrected chi connectivity index (χ1v) is 6.42. The number of fused-ring (bicyclic) bond motifs is 1. The fraction of sp³-hybridized carbons (Fsp3) is 0.0714. The molecule has 2 aromatic heterocycles. The van der Waals surface area contributed by atoms with E-state index in [0.717, 1.165) is 21.3 Å². The van der Waals surface area contributed by atoms with Crippen molar-refractivity contribution in [3.8, 4) is 0 Å². The van der Waals surface area contributed by atoms with Crippen molar-refractivity contribution in [2.45, 2.75) is 6.54 Å². The van der Waals surface area contributed by atoms with Gasteiger partial charge in [-0.1, -0.05) is 12.1 Å². The molecule has 1 aromatic carbocycles. The van der Waals surface area contributed by atoms with Crippen molar-refractivity contribution in [1.82, 2.24) is 4.98 Å². The van der Waals surface area contributed by atoms with Crippen LogP contribution in [0.15, 0.2) is 57.9 Å². The number of nitrogens with one attached hydrogen (secondary N) is 1. The highest BCUT2D eigenvalue weighted by molar-refractivity contribution is 9.10. The van der Waals surface area contributed by atoms with Crippen LogP contribution in [-0.2, 0) is 6.54 Å². The van der Waals surface area contributed by atoms with E-state index in [1.807, 2.05) is 30.5 Å². The SMILES string of the molecule is Brc1ccoc1CNc1cccc2ccncc12. The first-order chi connectivity index (χ1) is 8.84. The van der Waals surface area contributed by atoms with E-state index < -0.39 is 0 Å². The second-order valence-corrected chi connectivity index (χ2v) is 4.80. The number of benzene rings is 1. The van der Waals surface area contributed by atoms with Crippen LogP contribution < -0.4 is 5.32 Å². The summed E-state index contributed by atoms with van der Waals surface area (Å²) in [5.74, 6) is 0.885. The molecule has 0 saturated carbocycles. The zero-order valence-electron chi connectivity index (χ0n) is 9.56. The van der Waals surface area contributed by atoms with E-state index in [4.69, 9.17) is 4.42 Å². The van der Waals surface area contributed by atoms with E-state index >= 15 is 0 Å². The molecule has 3 rings (SSSR count). The summed E-state index contributed by atoms with van der Waals surface area (Å²) in [5, 5.41) is 5.66. The van der Waals surface area contributed by atoms with Gasteiger partial charge in [-0.05, 0) is 39.5 Å². The molecule has 0 bridgehead atoms. The predicted molar refractivity (Wildman–Crippen MR) is 75.5 cm³/mol. The van der Waals surface area contributed by atoms with Gasteiger partial charge in [0.15, 0.2) is 0 Å². The number of hydrogen-bond acceptors (Lipinski definition) is 3. The molecule has 18 heavy (non-hydrogen) atoms. The minimum Gasteiger partial charge on any atom is -0.466 e. The molecule has 1 N–H and O–H groups in total. The van der Waals surface area contributed by atoms with E-state index in [0.29, 0.717) is 6.54 Å². The molecule has 4 heteroatoms. The molecule has 0 aliphatic heterocycles. The maximum atomic E-state index is 5.37. The summed E-state index contributed by atoms with van der Waals surface area (Å²) in [4.78, 5) is 4.16. The van der Waals surface area contributed by atoms with Crippen LogP contribution in [0, 0.1) is 0 Å². The van der Waals surface area contributed by atoms with E-state index in [9.17, 15) is 0 Å². The quantitative estimate of drug-likeness (QED) is 0.788. The van der Waals surface area contributed by atoms with Crippen molar-refractivity contribution >= 4 is 32.4 Å². The summed E-state index contributed by atoms with van der Waals surface area (Å²) in [6.07, 6.45) is 5.34. The van der Waals surface area contributed by atoms with Crippen LogP contribution in [0.4, 0.5) is 5.69 Å². The zero-order valence-corrected chi connectivity index (χ0v) is 11.1. The molecule has 0 aliphatic rings. The smallest absolute Gasteiger partial charge is 0.136 e. The fourth-order valence-electron chi connectivity index (χ4n) is 1.89. The average molecular weight is 303 g/mol. The van der Waals surface area contributed by atoms with Crippen LogP contribution in [0.3, 0.4) is 0 Å². The number of hydrogen-bond donors (Lipinski definition) is 1. The normalized spacial score (nSPS) is 10.7. The van der Waals surface area contributed by atoms with E-state index in [2.05, 4.69) is 32.3 Å². The minimum atomic E-state index is 0.640. The Hall–Kier alpha value is -1.81. The van der Waals surface area contributed by atoms with Crippen LogP contribution in [0.5, 0.6) is 0 Å². The monoisotopic (exact) mass is 302 g/mol. The summed E-state index contributed by atoms with van der Waals surface area (Å²) >= 11 is 3.44. The Labute approximate surface area is 113 Å². The van der Waals surface area contributed by atoms with Gasteiger partial charge in [-0.3, -0.25) is 4.98 Å². The van der Waals surface area contributed by atoms with Gasteiger partial charge in [0.05, 0.1) is 17.3 Å². The lowest BCUT2D eigenvalue weighted by atomic mass is 10.1. The third-order valence-corrected chi connectivity index (χ3v) is 3.52. The standard InChI is InChI=1S/C14H11BrN2O/c15-12-5-7-18-14(12)9-17-13-3-1-2-10-4-6-16-8-11(10)13/h1-8,17H,9H2. The Balaban J connectivity index is 1.89. The third kappa shape index (κ3) is 2.11. The highest BCUT2D eigenvalue weighted by Crippen LogP contribution is 2.24. The number of aromatic nitrogens is 1. The number of rotatable bonds is 3. The number of anilines is 1. The number of halogens is 1. The van der Waals surface area contributed by atoms with Gasteiger partial charge in [-0.25, -0.2) is 0 Å². The van der Waals surface area contributed by atoms with Crippen LogP contribution in [0.1, 0.15) is 5.76 Å². The maximum Gasteiger partial charge on any atom is 0.136 e. The molecular weight excluding hydrogens is 292 g/mol. The second kappa shape index (κ2) is 4.82. The van der Waals surface area contributed by atoms with Gasteiger partial charge in [-0.2, -0.15) is 0 Å². The van der Waals surface area contributed by atoms with E-state index in [1.165, 1.54) is 5.39 Å². The van der Waals surface area contributed by atoms with Crippen LogP contribution >= 0.6 is 15.9 Å². The number of nitrogens with zero attached hydrogens (tertiary/aromatic N) is 1. The van der Waals surface area contributed by atoms with Crippen molar-refractivity contribution < 1.29 is 4.42 Å². The lowest BCUT2D eigenvalue weighted by Gasteiger charge is -2.08. The Bertz CT molecular complexity index is 673. The number of furan rings is 1. The van der Waals surface area contributed by atoms with Crippen molar-refractivity contribution in [3.63, 3.8) is 0 Å². The van der Waals surface area contributed by atoms with Gasteiger partial charge in [0.2, 0.25) is 0 Å². The molecule has 0 fully saturated rings. The summed E-state index contributed by atoms with van der Waals surface area (Å²) < 4.78 is 6.35. The predicted octanol–water partition coefficient (Wildman–Crippen LogP) is 4.20. The Morgan fingerprint density at radius 3 is 3.00 bits per heavy atom. The molecule has 0 unspecified atom stereocenters. The average Bonchev–Trinajstić information content (AvgIpc) is 2.82. The first-order valence-electron chi connectivity index (χ1n) is 5.63. The zero-order chi connectivity index (χ0) is 12.4. The highest BCUT2D eigenvalue weighted by atomic mass is 79.9. The third-order valence-electron chi connectivity index (χ3n) is 2.81. The van der Waals surface area contributed by atoms with Gasteiger partial charge in [-0.15, -0.1) is 0 Å². The van der Waals surface area contributed by atoms with Crippen LogP contribution in [0.25, 0.3) is 10.8 Å². The molecule has 0 atom stereocenters. The van der Waals surface area contributed by atoms with Crippen LogP contribution in [0.2, 0.25) is 0 Å². The van der Waals surface area contributed by atoms with Gasteiger partial charge in [0.1, 0.15) is 5.76 Å². The molecule has 2 heterocycles. The minimum absolute atomic E-state index is 0.640. The van der Waals surface area contributed by atoms with E-state index in [1.54, 1.807) is 12.5 Å². The van der Waals surface area contributed by atoms with Crippen LogP contribution in [-0.4, -0.2) is 4.98 Å². The Morgan fingerprint density at radius 1 is 1.22 bits per heavy atom. The molecule has 3 aromatic rings. The first kappa shape index (κ1) is 11.3. The Morgan fingerprint density at radius 2 is 2.17 bits per heavy atom. The van der Waals surface area contributed by atoms with Crippen molar-refractivity contribution in [2.75, 3.05) is 5.32 Å². The number of pyridine rings is 1. The van der Waals surface area contributed by atoms with Crippen molar-refractivity contribution in [2.24, 2.45) is 0 Å². The second-order valence-electron chi connectivity index (χ2n) is 3.95. The molecule has 90 valence electrons. The molecule has 0 aliphatic carbocycles. The van der Waals surface area contributed by atoms with E-state index in [-0.39, 0.29) is 0 Å². The largest absolute Gasteiger partial charge is 0.466 e. The molecule has 0 spiro atoms. The molecular formula is C14H11BrN2O. The van der Waals surface area contributed by atoms with Gasteiger partial charge in [0.25, 0.3) is 0 Å². The van der Waals surface area contributed by atoms with Gasteiger partial charge < -0.3 is 9.73 Å². The summed E-state index contributed by atoms with van der Waals surface area (Å²) in [7, 11) is 0. The summed E-state index contributed by atoms with van der Waals surface area (Å²) in [6, 6.07) is 10.0. The summed E-state index contributed by atoms with van der Waals surface area (Å²) in [6.45, 7) is 0.640. The van der Waals surface area contributed by atoms with Crippen molar-refractivity contribution in [3.05, 3.63) is 59.2 Å². The molecule has 0 saturated heterocycles. The lowest BCUT2D eigenvalue weighted by molar-refractivity contribution is 0.516. The van der Waals surface area contributed by atoms with Gasteiger partial charge in [0, 0.05) is 23.5 Å². The molecule has 0 amide bonds. The molecule has 0 radical (unpaired) electrons. The summed E-state index contributed by atoms with van der Waals surface area (Å²) in [5.41, 5.74) is 1.06.